The van der Waals surface area contributed by atoms with Crippen molar-refractivity contribution in [3.63, 3.8) is 0 Å². The second-order valence-electron chi connectivity index (χ2n) is 8.51. The molecule has 0 aromatic heterocycles. The molecule has 1 aliphatic rings. The van der Waals surface area contributed by atoms with Crippen molar-refractivity contribution >= 4 is 42.4 Å². The Morgan fingerprint density at radius 1 is 0.694 bits per heavy atom. The highest BCUT2D eigenvalue weighted by molar-refractivity contribution is 7.80. The van der Waals surface area contributed by atoms with Crippen LogP contribution in [0, 0.1) is 0 Å². The highest BCUT2D eigenvalue weighted by Gasteiger charge is 2.28. The fourth-order valence-corrected chi connectivity index (χ4v) is 4.04. The van der Waals surface area contributed by atoms with Crippen LogP contribution in [0.15, 0.2) is 0 Å². The summed E-state index contributed by atoms with van der Waals surface area (Å²) in [6, 6.07) is -1.03. The molecule has 0 bridgehead atoms. The van der Waals surface area contributed by atoms with Crippen LogP contribution < -0.4 is 5.32 Å². The number of carbonyl (C=O) groups is 5. The molecular formula is C21H37N5O9S. The number of carboxylic acids is 4. The fourth-order valence-electron chi connectivity index (χ4n) is 3.93. The summed E-state index contributed by atoms with van der Waals surface area (Å²) >= 11 is 4.02. The summed E-state index contributed by atoms with van der Waals surface area (Å²) in [5, 5.41) is 40.3. The molecular weight excluding hydrogens is 498 g/mol. The molecule has 1 heterocycles. The van der Waals surface area contributed by atoms with Gasteiger partial charge in [0, 0.05) is 71.1 Å². The molecule has 0 radical (unpaired) electrons. The average molecular weight is 536 g/mol. The quantitative estimate of drug-likeness (QED) is 0.139. The van der Waals surface area contributed by atoms with Crippen molar-refractivity contribution in [2.24, 2.45) is 0 Å². The van der Waals surface area contributed by atoms with Crippen molar-refractivity contribution in [2.45, 2.75) is 18.9 Å². The summed E-state index contributed by atoms with van der Waals surface area (Å²) in [4.78, 5) is 64.6. The lowest BCUT2D eigenvalue weighted by Gasteiger charge is -2.35. The molecule has 1 saturated heterocycles. The molecule has 1 aliphatic heterocycles. The van der Waals surface area contributed by atoms with Crippen molar-refractivity contribution in [2.75, 3.05) is 84.3 Å². The molecule has 1 amide bonds. The second kappa shape index (κ2) is 17.1. The number of carbonyl (C=O) groups excluding carboxylic acids is 1. The summed E-state index contributed by atoms with van der Waals surface area (Å²) in [7, 11) is 0. The monoisotopic (exact) mass is 535 g/mol. The van der Waals surface area contributed by atoms with Gasteiger partial charge in [-0.25, -0.2) is 0 Å². The van der Waals surface area contributed by atoms with Crippen LogP contribution in [0.2, 0.25) is 0 Å². The van der Waals surface area contributed by atoms with Gasteiger partial charge < -0.3 is 25.7 Å². The molecule has 1 atom stereocenters. The molecule has 0 aliphatic carbocycles. The van der Waals surface area contributed by atoms with Gasteiger partial charge in [0.1, 0.15) is 6.04 Å². The number of thiol groups is 1. The first-order valence-corrected chi connectivity index (χ1v) is 12.3. The summed E-state index contributed by atoms with van der Waals surface area (Å²) in [5.74, 6) is -4.17. The standard InChI is InChI=1S/C21H37N5O9S/c27-17(22-3-12-36)2-1-16(21(34)35)26-10-8-24(14-19(30)31)6-4-23(13-18(28)29)5-7-25(9-11-26)15-20(32)33/h16,36H,1-15H2,(H,22,27)(H,28,29)(H,30,31)(H,32,33)(H,34,35). The van der Waals surface area contributed by atoms with Crippen LogP contribution in [0.3, 0.4) is 0 Å². The number of carboxylic acid groups (broad SMARTS) is 4. The summed E-state index contributed by atoms with van der Waals surface area (Å²) in [6.07, 6.45) is 0.00105. The van der Waals surface area contributed by atoms with E-state index in [1.165, 1.54) is 0 Å². The molecule has 36 heavy (non-hydrogen) atoms. The Kier molecular flexibility index (Phi) is 15.0. The van der Waals surface area contributed by atoms with Gasteiger partial charge in [0.2, 0.25) is 5.91 Å². The molecule has 1 fully saturated rings. The van der Waals surface area contributed by atoms with Crippen LogP contribution in [0.4, 0.5) is 0 Å². The third-order valence-corrected chi connectivity index (χ3v) is 5.98. The molecule has 0 spiro atoms. The highest BCUT2D eigenvalue weighted by atomic mass is 32.1. The van der Waals surface area contributed by atoms with Gasteiger partial charge in [0.25, 0.3) is 0 Å². The number of hydrogen-bond acceptors (Lipinski definition) is 10. The number of nitrogens with zero attached hydrogens (tertiary/aromatic N) is 4. The van der Waals surface area contributed by atoms with E-state index in [-0.39, 0.29) is 90.7 Å². The number of aliphatic carboxylic acids is 4. The molecule has 0 aromatic rings. The van der Waals surface area contributed by atoms with Gasteiger partial charge in [-0.1, -0.05) is 0 Å². The number of rotatable bonds is 13. The number of hydrogen-bond donors (Lipinski definition) is 6. The molecule has 0 aromatic carbocycles. The van der Waals surface area contributed by atoms with Crippen molar-refractivity contribution < 1.29 is 44.4 Å². The smallest absolute Gasteiger partial charge is 0.320 e. The van der Waals surface area contributed by atoms with Crippen molar-refractivity contribution in [1.82, 2.24) is 24.9 Å². The normalized spacial score (nSPS) is 18.5. The molecule has 14 nitrogen and oxygen atoms in total. The Labute approximate surface area is 215 Å². The largest absolute Gasteiger partial charge is 0.480 e. The zero-order valence-electron chi connectivity index (χ0n) is 20.3. The van der Waals surface area contributed by atoms with E-state index < -0.39 is 29.9 Å². The highest BCUT2D eigenvalue weighted by Crippen LogP contribution is 2.10. The van der Waals surface area contributed by atoms with E-state index in [2.05, 4.69) is 17.9 Å². The Morgan fingerprint density at radius 3 is 1.42 bits per heavy atom. The fraction of sp³-hybridized carbons (Fsp3) is 0.762. The van der Waals surface area contributed by atoms with E-state index in [1.807, 2.05) is 0 Å². The minimum atomic E-state index is -1.13. The van der Waals surface area contributed by atoms with Gasteiger partial charge in [-0.3, -0.25) is 43.6 Å². The molecule has 15 heteroatoms. The predicted molar refractivity (Wildman–Crippen MR) is 131 cm³/mol. The SMILES string of the molecule is O=C(O)CN1CCN(CC(=O)O)CCN(C(CCC(=O)NCCS)C(=O)O)CCN(CC(=O)O)CC1. The minimum absolute atomic E-state index is 0.0247. The predicted octanol–water partition coefficient (Wildman–Crippen LogP) is -2.26. The Bertz CT molecular complexity index is 725. The number of nitrogens with one attached hydrogen (secondary N) is 1. The summed E-state index contributed by atoms with van der Waals surface area (Å²) < 4.78 is 0. The zero-order chi connectivity index (χ0) is 27.1. The molecule has 5 N–H and O–H groups in total. The molecule has 206 valence electrons. The lowest BCUT2D eigenvalue weighted by molar-refractivity contribution is -0.145. The molecule has 0 saturated carbocycles. The van der Waals surface area contributed by atoms with Crippen molar-refractivity contribution in [1.29, 1.82) is 0 Å². The lowest BCUT2D eigenvalue weighted by Crippen LogP contribution is -2.52. The Hall–Kier alpha value is -2.46. The maximum absolute atomic E-state index is 12.1. The second-order valence-corrected chi connectivity index (χ2v) is 8.96. The van der Waals surface area contributed by atoms with Gasteiger partial charge >= 0.3 is 23.9 Å². The van der Waals surface area contributed by atoms with E-state index in [4.69, 9.17) is 0 Å². The first kappa shape index (κ1) is 31.6. The third-order valence-electron chi connectivity index (χ3n) is 5.75. The summed E-state index contributed by atoms with van der Waals surface area (Å²) in [6.45, 7) is 1.16. The van der Waals surface area contributed by atoms with Crippen LogP contribution >= 0.6 is 12.6 Å². The van der Waals surface area contributed by atoms with Crippen molar-refractivity contribution in [3.05, 3.63) is 0 Å². The van der Waals surface area contributed by atoms with Crippen LogP contribution in [0.5, 0.6) is 0 Å². The van der Waals surface area contributed by atoms with Crippen molar-refractivity contribution in [3.8, 4) is 0 Å². The van der Waals surface area contributed by atoms with E-state index >= 15 is 0 Å². The van der Waals surface area contributed by atoms with E-state index in [1.54, 1.807) is 19.6 Å². The van der Waals surface area contributed by atoms with Crippen LogP contribution in [-0.2, 0) is 24.0 Å². The maximum Gasteiger partial charge on any atom is 0.320 e. The van der Waals surface area contributed by atoms with E-state index in [0.717, 1.165) is 0 Å². The first-order chi connectivity index (χ1) is 17.0. The molecule has 1 unspecified atom stereocenters. The van der Waals surface area contributed by atoms with E-state index in [0.29, 0.717) is 12.3 Å². The van der Waals surface area contributed by atoms with Crippen LogP contribution in [0.1, 0.15) is 12.8 Å². The average Bonchev–Trinajstić information content (AvgIpc) is 2.77. The van der Waals surface area contributed by atoms with Gasteiger partial charge in [-0.2, -0.15) is 12.6 Å². The first-order valence-electron chi connectivity index (χ1n) is 11.7. The Balaban J connectivity index is 3.08. The number of amides is 1. The van der Waals surface area contributed by atoms with E-state index in [9.17, 15) is 44.4 Å². The van der Waals surface area contributed by atoms with Gasteiger partial charge in [0.05, 0.1) is 19.6 Å². The van der Waals surface area contributed by atoms with Gasteiger partial charge in [-0.05, 0) is 6.42 Å². The van der Waals surface area contributed by atoms with Gasteiger partial charge in [0.15, 0.2) is 0 Å². The zero-order valence-corrected chi connectivity index (χ0v) is 21.1. The minimum Gasteiger partial charge on any atom is -0.480 e. The third kappa shape index (κ3) is 13.6. The topological polar surface area (TPSA) is 191 Å². The molecule has 1 rings (SSSR count). The maximum atomic E-state index is 12.1. The van der Waals surface area contributed by atoms with Gasteiger partial charge in [-0.15, -0.1) is 0 Å². The summed E-state index contributed by atoms with van der Waals surface area (Å²) in [5.41, 5.74) is 0. The van der Waals surface area contributed by atoms with Crippen LogP contribution in [-0.4, -0.2) is 160 Å². The van der Waals surface area contributed by atoms with Crippen LogP contribution in [0.25, 0.3) is 0 Å². The lowest BCUT2D eigenvalue weighted by atomic mass is 10.1. The Morgan fingerprint density at radius 2 is 1.08 bits per heavy atom.